The summed E-state index contributed by atoms with van der Waals surface area (Å²) in [4.78, 5) is 24.9. The number of amides is 1. The molecule has 3 N–H and O–H groups in total. The summed E-state index contributed by atoms with van der Waals surface area (Å²) in [6.45, 7) is 5.70. The molecule has 0 atom stereocenters. The second kappa shape index (κ2) is 4.70. The Morgan fingerprint density at radius 1 is 1.35 bits per heavy atom. The molecule has 0 radical (unpaired) electrons. The zero-order valence-electron chi connectivity index (χ0n) is 11.8. The minimum atomic E-state index is -1.11. The van der Waals surface area contributed by atoms with Crippen LogP contribution in [0.15, 0.2) is 12.1 Å². The Labute approximate surface area is 117 Å². The van der Waals surface area contributed by atoms with Gasteiger partial charge in [0, 0.05) is 12.2 Å². The molecule has 0 fully saturated rings. The van der Waals surface area contributed by atoms with Gasteiger partial charge >= 0.3 is 12.1 Å². The van der Waals surface area contributed by atoms with Crippen LogP contribution in [-0.2, 0) is 11.2 Å². The Morgan fingerprint density at radius 2 is 2.00 bits per heavy atom. The van der Waals surface area contributed by atoms with Crippen LogP contribution in [0.4, 0.5) is 16.2 Å². The monoisotopic (exact) mass is 278 g/mol. The molecule has 20 heavy (non-hydrogen) atoms. The van der Waals surface area contributed by atoms with Crippen LogP contribution >= 0.6 is 0 Å². The normalized spacial score (nSPS) is 14.1. The Balaban J connectivity index is 2.41. The number of nitrogens with zero attached hydrogens (tertiary/aromatic N) is 1. The van der Waals surface area contributed by atoms with Crippen LogP contribution in [0, 0.1) is 0 Å². The fourth-order valence-electron chi connectivity index (χ4n) is 2.24. The number of nitrogen functional groups attached to an aromatic ring is 1. The van der Waals surface area contributed by atoms with Crippen LogP contribution in [0.5, 0.6) is 0 Å². The van der Waals surface area contributed by atoms with Crippen molar-refractivity contribution in [3.8, 4) is 0 Å². The minimum absolute atomic E-state index is 0.0309. The van der Waals surface area contributed by atoms with Gasteiger partial charge in [0.25, 0.3) is 0 Å². The van der Waals surface area contributed by atoms with E-state index in [0.29, 0.717) is 24.3 Å². The molecule has 1 aromatic carbocycles. The number of aromatic carboxylic acids is 1. The number of rotatable bonds is 1. The third kappa shape index (κ3) is 2.68. The Bertz CT molecular complexity index is 575. The first kappa shape index (κ1) is 14.2. The maximum atomic E-state index is 12.2. The second-order valence-electron chi connectivity index (χ2n) is 5.76. The first-order valence-corrected chi connectivity index (χ1v) is 6.35. The number of carbonyl (C=O) groups is 2. The van der Waals surface area contributed by atoms with Crippen molar-refractivity contribution >= 4 is 23.4 Å². The molecular weight excluding hydrogens is 260 g/mol. The number of anilines is 2. The molecule has 1 heterocycles. The van der Waals surface area contributed by atoms with Crippen molar-refractivity contribution in [3.63, 3.8) is 0 Å². The van der Waals surface area contributed by atoms with E-state index in [1.54, 1.807) is 26.8 Å². The largest absolute Gasteiger partial charge is 0.478 e. The van der Waals surface area contributed by atoms with Crippen LogP contribution in [-0.4, -0.2) is 29.3 Å². The van der Waals surface area contributed by atoms with Gasteiger partial charge in [-0.15, -0.1) is 0 Å². The zero-order valence-corrected chi connectivity index (χ0v) is 11.8. The van der Waals surface area contributed by atoms with E-state index in [1.807, 2.05) is 0 Å². The lowest BCUT2D eigenvalue weighted by Gasteiger charge is -2.25. The zero-order chi connectivity index (χ0) is 15.1. The van der Waals surface area contributed by atoms with Crippen molar-refractivity contribution in [2.45, 2.75) is 32.8 Å². The quantitative estimate of drug-likeness (QED) is 0.769. The van der Waals surface area contributed by atoms with Crippen molar-refractivity contribution < 1.29 is 19.4 Å². The molecule has 6 heteroatoms. The first-order valence-electron chi connectivity index (χ1n) is 6.35. The van der Waals surface area contributed by atoms with Gasteiger partial charge in [0.05, 0.1) is 11.3 Å². The molecule has 1 aliphatic heterocycles. The summed E-state index contributed by atoms with van der Waals surface area (Å²) < 4.78 is 5.31. The van der Waals surface area contributed by atoms with E-state index in [-0.39, 0.29) is 5.56 Å². The fraction of sp³-hybridized carbons (Fsp3) is 0.429. The van der Waals surface area contributed by atoms with E-state index in [4.69, 9.17) is 10.5 Å². The van der Waals surface area contributed by atoms with E-state index >= 15 is 0 Å². The summed E-state index contributed by atoms with van der Waals surface area (Å²) >= 11 is 0. The van der Waals surface area contributed by atoms with Gasteiger partial charge in [0.2, 0.25) is 0 Å². The lowest BCUT2D eigenvalue weighted by atomic mass is 10.1. The van der Waals surface area contributed by atoms with E-state index in [0.717, 1.165) is 5.56 Å². The highest BCUT2D eigenvalue weighted by molar-refractivity contribution is 6.03. The third-order valence-electron chi connectivity index (χ3n) is 2.93. The van der Waals surface area contributed by atoms with E-state index in [1.165, 1.54) is 11.0 Å². The van der Waals surface area contributed by atoms with Crippen LogP contribution < -0.4 is 10.6 Å². The van der Waals surface area contributed by atoms with Gasteiger partial charge in [-0.05, 0) is 44.9 Å². The van der Waals surface area contributed by atoms with Crippen molar-refractivity contribution in [2.75, 3.05) is 17.2 Å². The van der Waals surface area contributed by atoms with Gasteiger partial charge in [-0.1, -0.05) is 0 Å². The standard InChI is InChI=1S/C14H18N2O4/c1-14(2,3)20-13(19)16-5-4-8-6-9(15)7-10(11(8)16)12(17)18/h6-7H,4-5,15H2,1-3H3,(H,17,18). The van der Waals surface area contributed by atoms with Crippen molar-refractivity contribution in [3.05, 3.63) is 23.3 Å². The molecular formula is C14H18N2O4. The Hall–Kier alpha value is -2.24. The molecule has 6 nitrogen and oxygen atoms in total. The van der Waals surface area contributed by atoms with Gasteiger partial charge < -0.3 is 15.6 Å². The Kier molecular flexibility index (Phi) is 3.33. The van der Waals surface area contributed by atoms with Crippen LogP contribution in [0.2, 0.25) is 0 Å². The topological polar surface area (TPSA) is 92.9 Å². The van der Waals surface area contributed by atoms with E-state index in [9.17, 15) is 14.7 Å². The van der Waals surface area contributed by atoms with Gasteiger partial charge in [0.15, 0.2) is 0 Å². The molecule has 1 aromatic rings. The van der Waals surface area contributed by atoms with Gasteiger partial charge in [-0.3, -0.25) is 4.90 Å². The van der Waals surface area contributed by atoms with Crippen LogP contribution in [0.3, 0.4) is 0 Å². The summed E-state index contributed by atoms with van der Waals surface area (Å²) in [5, 5.41) is 9.27. The van der Waals surface area contributed by atoms with Crippen molar-refractivity contribution in [1.29, 1.82) is 0 Å². The number of ether oxygens (including phenoxy) is 1. The highest BCUT2D eigenvalue weighted by Crippen LogP contribution is 2.35. The van der Waals surface area contributed by atoms with E-state index in [2.05, 4.69) is 0 Å². The highest BCUT2D eigenvalue weighted by atomic mass is 16.6. The number of carboxylic acids is 1. The number of benzene rings is 1. The maximum Gasteiger partial charge on any atom is 0.414 e. The first-order chi connectivity index (χ1) is 9.19. The molecule has 1 aliphatic rings. The van der Waals surface area contributed by atoms with Crippen molar-refractivity contribution in [2.24, 2.45) is 0 Å². The maximum absolute atomic E-state index is 12.2. The molecule has 0 saturated carbocycles. The summed E-state index contributed by atoms with van der Waals surface area (Å²) in [6, 6.07) is 3.07. The predicted octanol–water partition coefficient (Wildman–Crippen LogP) is 2.26. The predicted molar refractivity (Wildman–Crippen MR) is 75.1 cm³/mol. The molecule has 0 aromatic heterocycles. The number of carboxylic acid groups (broad SMARTS) is 1. The number of nitrogens with two attached hydrogens (primary N) is 1. The fourth-order valence-corrected chi connectivity index (χ4v) is 2.24. The smallest absolute Gasteiger partial charge is 0.414 e. The number of hydrogen-bond donors (Lipinski definition) is 2. The summed E-state index contributed by atoms with van der Waals surface area (Å²) in [5.41, 5.74) is 6.63. The van der Waals surface area contributed by atoms with Crippen LogP contribution in [0.25, 0.3) is 0 Å². The molecule has 0 saturated heterocycles. The van der Waals surface area contributed by atoms with Gasteiger partial charge in [-0.25, -0.2) is 9.59 Å². The molecule has 108 valence electrons. The second-order valence-corrected chi connectivity index (χ2v) is 5.76. The van der Waals surface area contributed by atoms with E-state index < -0.39 is 17.7 Å². The number of carbonyl (C=O) groups excluding carboxylic acids is 1. The third-order valence-corrected chi connectivity index (χ3v) is 2.93. The Morgan fingerprint density at radius 3 is 2.55 bits per heavy atom. The van der Waals surface area contributed by atoms with Gasteiger partial charge in [-0.2, -0.15) is 0 Å². The molecule has 2 rings (SSSR count). The SMILES string of the molecule is CC(C)(C)OC(=O)N1CCc2cc(N)cc(C(=O)O)c21. The van der Waals surface area contributed by atoms with Crippen molar-refractivity contribution in [1.82, 2.24) is 0 Å². The molecule has 1 amide bonds. The average molecular weight is 278 g/mol. The minimum Gasteiger partial charge on any atom is -0.478 e. The van der Waals surface area contributed by atoms with Crippen LogP contribution in [0.1, 0.15) is 36.7 Å². The molecule has 0 unspecified atom stereocenters. The lowest BCUT2D eigenvalue weighted by molar-refractivity contribution is 0.0584. The number of fused-ring (bicyclic) bond motifs is 1. The molecule has 0 spiro atoms. The lowest BCUT2D eigenvalue weighted by Crippen LogP contribution is -2.36. The highest BCUT2D eigenvalue weighted by Gasteiger charge is 2.32. The molecule has 0 bridgehead atoms. The summed E-state index contributed by atoms with van der Waals surface area (Å²) in [7, 11) is 0. The number of hydrogen-bond acceptors (Lipinski definition) is 4. The summed E-state index contributed by atoms with van der Waals surface area (Å²) in [6.07, 6.45) is 0.0309. The average Bonchev–Trinajstić information content (AvgIpc) is 2.68. The van der Waals surface area contributed by atoms with Gasteiger partial charge in [0.1, 0.15) is 5.60 Å². The molecule has 0 aliphatic carbocycles. The summed E-state index contributed by atoms with van der Waals surface area (Å²) in [5.74, 6) is -1.11.